The summed E-state index contributed by atoms with van der Waals surface area (Å²) in [7, 11) is 0. The molecule has 1 atom stereocenters. The van der Waals surface area contributed by atoms with Crippen molar-refractivity contribution in [3.8, 4) is 0 Å². The second-order valence-corrected chi connectivity index (χ2v) is 6.70. The van der Waals surface area contributed by atoms with Crippen LogP contribution in [0.2, 0.25) is 0 Å². The average Bonchev–Trinajstić information content (AvgIpc) is 2.99. The summed E-state index contributed by atoms with van der Waals surface area (Å²) in [6, 6.07) is 1.98. The Hall–Kier alpha value is -2.02. The second kappa shape index (κ2) is 7.50. The zero-order chi connectivity index (χ0) is 16.1. The van der Waals surface area contributed by atoms with Gasteiger partial charge in [0.2, 0.25) is 11.9 Å². The Balaban J connectivity index is 1.49. The van der Waals surface area contributed by atoms with Crippen molar-refractivity contribution in [2.75, 3.05) is 18.0 Å². The lowest BCUT2D eigenvalue weighted by Gasteiger charge is -2.33. The van der Waals surface area contributed by atoms with Crippen LogP contribution in [0.5, 0.6) is 0 Å². The molecule has 6 nitrogen and oxygen atoms in total. The van der Waals surface area contributed by atoms with Gasteiger partial charge in [-0.3, -0.25) is 4.79 Å². The van der Waals surface area contributed by atoms with Gasteiger partial charge in [0.15, 0.2) is 0 Å². The topological polar surface area (TPSA) is 71.0 Å². The van der Waals surface area contributed by atoms with Gasteiger partial charge in [-0.05, 0) is 32.3 Å². The summed E-state index contributed by atoms with van der Waals surface area (Å²) < 4.78 is 0. The molecule has 2 aromatic heterocycles. The number of hydrogen-bond donors (Lipinski definition) is 1. The van der Waals surface area contributed by atoms with E-state index < -0.39 is 0 Å². The lowest BCUT2D eigenvalue weighted by Crippen LogP contribution is -2.48. The van der Waals surface area contributed by atoms with E-state index in [0.29, 0.717) is 6.42 Å². The summed E-state index contributed by atoms with van der Waals surface area (Å²) >= 11 is 1.62. The summed E-state index contributed by atoms with van der Waals surface area (Å²) in [5, 5.41) is 3.15. The number of amides is 1. The highest BCUT2D eigenvalue weighted by atomic mass is 32.1. The lowest BCUT2D eigenvalue weighted by molar-refractivity contribution is -0.121. The molecule has 3 heterocycles. The molecule has 0 radical (unpaired) electrons. The summed E-state index contributed by atoms with van der Waals surface area (Å²) in [5.41, 5.74) is 2.87. The molecule has 0 unspecified atom stereocenters. The van der Waals surface area contributed by atoms with Gasteiger partial charge in [-0.25, -0.2) is 15.0 Å². The van der Waals surface area contributed by atoms with E-state index >= 15 is 0 Å². The number of carbonyl (C=O) groups excluding carboxylic acids is 1. The summed E-state index contributed by atoms with van der Waals surface area (Å²) in [5.74, 6) is 0.852. The fourth-order valence-corrected chi connectivity index (χ4v) is 3.61. The molecule has 1 fully saturated rings. The van der Waals surface area contributed by atoms with Crippen LogP contribution in [0.4, 0.5) is 5.95 Å². The van der Waals surface area contributed by atoms with Gasteiger partial charge in [0.05, 0.1) is 11.2 Å². The first kappa shape index (κ1) is 15.9. The van der Waals surface area contributed by atoms with Crippen molar-refractivity contribution in [2.45, 2.75) is 38.6 Å². The Morgan fingerprint density at radius 1 is 1.39 bits per heavy atom. The van der Waals surface area contributed by atoms with Gasteiger partial charge in [0.1, 0.15) is 0 Å². The Labute approximate surface area is 140 Å². The molecule has 1 aliphatic rings. The maximum Gasteiger partial charge on any atom is 0.225 e. The zero-order valence-electron chi connectivity index (χ0n) is 13.2. The molecule has 0 saturated carbocycles. The van der Waals surface area contributed by atoms with Crippen LogP contribution >= 0.6 is 11.3 Å². The number of aryl methyl sites for hydroxylation is 2. The molecular formula is C16H21N5OS. The number of anilines is 1. The van der Waals surface area contributed by atoms with Crippen LogP contribution in [-0.2, 0) is 11.2 Å². The number of piperidine rings is 1. The van der Waals surface area contributed by atoms with Crippen molar-refractivity contribution >= 4 is 23.2 Å². The minimum atomic E-state index is 0.110. The molecule has 0 spiro atoms. The second-order valence-electron chi connectivity index (χ2n) is 5.76. The molecule has 2 aromatic rings. The Morgan fingerprint density at radius 3 is 2.96 bits per heavy atom. The number of rotatable bonds is 5. The van der Waals surface area contributed by atoms with Crippen molar-refractivity contribution in [1.82, 2.24) is 20.3 Å². The van der Waals surface area contributed by atoms with Crippen molar-refractivity contribution in [2.24, 2.45) is 0 Å². The van der Waals surface area contributed by atoms with Gasteiger partial charge < -0.3 is 10.2 Å². The SMILES string of the molecule is Cc1ncsc1CCC(=O)N[C@H]1CCCN(c2ncccn2)C1. The molecule has 0 aromatic carbocycles. The van der Waals surface area contributed by atoms with Gasteiger partial charge in [-0.1, -0.05) is 0 Å². The third-order valence-electron chi connectivity index (χ3n) is 4.05. The van der Waals surface area contributed by atoms with E-state index in [2.05, 4.69) is 25.2 Å². The van der Waals surface area contributed by atoms with Crippen molar-refractivity contribution in [1.29, 1.82) is 0 Å². The molecule has 1 saturated heterocycles. The predicted octanol–water partition coefficient (Wildman–Crippen LogP) is 1.96. The molecule has 1 N–H and O–H groups in total. The molecule has 23 heavy (non-hydrogen) atoms. The predicted molar refractivity (Wildman–Crippen MR) is 90.6 cm³/mol. The summed E-state index contributed by atoms with van der Waals surface area (Å²) in [6.07, 6.45) is 6.83. The maximum absolute atomic E-state index is 12.2. The highest BCUT2D eigenvalue weighted by molar-refractivity contribution is 7.09. The Kier molecular flexibility index (Phi) is 5.17. The normalized spacial score (nSPS) is 18.0. The standard InChI is InChI=1S/C16H21N5OS/c1-12-14(23-11-19-12)5-6-15(22)20-13-4-2-9-21(10-13)16-17-7-3-8-18-16/h3,7-8,11,13H,2,4-6,9-10H2,1H3,(H,20,22)/t13-/m0/s1. The van der Waals surface area contributed by atoms with E-state index in [9.17, 15) is 4.79 Å². The van der Waals surface area contributed by atoms with Crippen LogP contribution in [0, 0.1) is 6.92 Å². The third-order valence-corrected chi connectivity index (χ3v) is 5.04. The first-order valence-electron chi connectivity index (χ1n) is 7.92. The number of nitrogens with one attached hydrogen (secondary N) is 1. The average molecular weight is 331 g/mol. The number of aromatic nitrogens is 3. The van der Waals surface area contributed by atoms with Gasteiger partial charge in [0.25, 0.3) is 0 Å². The molecule has 1 aliphatic heterocycles. The Morgan fingerprint density at radius 2 is 2.22 bits per heavy atom. The minimum absolute atomic E-state index is 0.110. The van der Waals surface area contributed by atoms with Crippen molar-refractivity contribution in [3.05, 3.63) is 34.5 Å². The maximum atomic E-state index is 12.2. The zero-order valence-corrected chi connectivity index (χ0v) is 14.1. The minimum Gasteiger partial charge on any atom is -0.352 e. The van der Waals surface area contributed by atoms with Crippen LogP contribution in [0.25, 0.3) is 0 Å². The van der Waals surface area contributed by atoms with Crippen LogP contribution in [-0.4, -0.2) is 40.0 Å². The molecule has 1 amide bonds. The number of hydrogen-bond acceptors (Lipinski definition) is 6. The molecule has 0 aliphatic carbocycles. The van der Waals surface area contributed by atoms with E-state index in [1.54, 1.807) is 23.7 Å². The van der Waals surface area contributed by atoms with E-state index in [1.165, 1.54) is 4.88 Å². The van der Waals surface area contributed by atoms with Crippen LogP contribution in [0.1, 0.15) is 29.8 Å². The molecular weight excluding hydrogens is 310 g/mol. The highest BCUT2D eigenvalue weighted by Crippen LogP contribution is 2.16. The number of thiazole rings is 1. The van der Waals surface area contributed by atoms with Gasteiger partial charge in [0, 0.05) is 42.8 Å². The quantitative estimate of drug-likeness (QED) is 0.907. The van der Waals surface area contributed by atoms with E-state index in [4.69, 9.17) is 0 Å². The van der Waals surface area contributed by atoms with Crippen LogP contribution in [0.15, 0.2) is 24.0 Å². The molecule has 7 heteroatoms. The molecule has 0 bridgehead atoms. The Bertz CT molecular complexity index is 645. The fraction of sp³-hybridized carbons (Fsp3) is 0.500. The van der Waals surface area contributed by atoms with E-state index in [-0.39, 0.29) is 11.9 Å². The lowest BCUT2D eigenvalue weighted by atomic mass is 10.1. The highest BCUT2D eigenvalue weighted by Gasteiger charge is 2.22. The van der Waals surface area contributed by atoms with Gasteiger partial charge in [-0.15, -0.1) is 11.3 Å². The first-order chi connectivity index (χ1) is 11.2. The monoisotopic (exact) mass is 331 g/mol. The largest absolute Gasteiger partial charge is 0.352 e. The van der Waals surface area contributed by atoms with E-state index in [1.807, 2.05) is 18.5 Å². The summed E-state index contributed by atoms with van der Waals surface area (Å²) in [4.78, 5) is 28.3. The number of carbonyl (C=O) groups is 1. The van der Waals surface area contributed by atoms with Crippen LogP contribution in [0.3, 0.4) is 0 Å². The molecule has 122 valence electrons. The van der Waals surface area contributed by atoms with E-state index in [0.717, 1.165) is 44.0 Å². The molecule has 3 rings (SSSR count). The number of nitrogens with zero attached hydrogens (tertiary/aromatic N) is 4. The van der Waals surface area contributed by atoms with Crippen molar-refractivity contribution < 1.29 is 4.79 Å². The van der Waals surface area contributed by atoms with Crippen LogP contribution < -0.4 is 10.2 Å². The third kappa shape index (κ3) is 4.25. The van der Waals surface area contributed by atoms with Crippen molar-refractivity contribution in [3.63, 3.8) is 0 Å². The van der Waals surface area contributed by atoms with Gasteiger partial charge >= 0.3 is 0 Å². The first-order valence-corrected chi connectivity index (χ1v) is 8.80. The fourth-order valence-electron chi connectivity index (χ4n) is 2.82. The summed E-state index contributed by atoms with van der Waals surface area (Å²) in [6.45, 7) is 3.70. The smallest absolute Gasteiger partial charge is 0.225 e. The van der Waals surface area contributed by atoms with Gasteiger partial charge in [-0.2, -0.15) is 0 Å².